The molecular formula is C25H31N3O2. The van der Waals surface area contributed by atoms with Gasteiger partial charge in [0, 0.05) is 37.5 Å². The summed E-state index contributed by atoms with van der Waals surface area (Å²) in [4.78, 5) is 2.48. The van der Waals surface area contributed by atoms with Gasteiger partial charge in [-0.05, 0) is 43.0 Å². The van der Waals surface area contributed by atoms with Gasteiger partial charge in [0.05, 0.1) is 26.0 Å². The first-order valence-corrected chi connectivity index (χ1v) is 10.7. The van der Waals surface area contributed by atoms with Crippen molar-refractivity contribution in [1.29, 1.82) is 0 Å². The van der Waals surface area contributed by atoms with E-state index >= 15 is 0 Å². The van der Waals surface area contributed by atoms with Gasteiger partial charge < -0.3 is 9.47 Å². The van der Waals surface area contributed by atoms with Crippen LogP contribution in [0.25, 0.3) is 0 Å². The molecule has 1 saturated heterocycles. The highest BCUT2D eigenvalue weighted by Gasteiger charge is 2.21. The molecule has 0 spiro atoms. The maximum atomic E-state index is 5.93. The largest absolute Gasteiger partial charge is 0.497 e. The number of benzene rings is 2. The van der Waals surface area contributed by atoms with Crippen LogP contribution in [0, 0.1) is 6.92 Å². The highest BCUT2D eigenvalue weighted by Crippen LogP contribution is 2.20. The molecular weight excluding hydrogens is 374 g/mol. The summed E-state index contributed by atoms with van der Waals surface area (Å²) in [6.45, 7) is 6.55. The second-order valence-corrected chi connectivity index (χ2v) is 8.05. The summed E-state index contributed by atoms with van der Waals surface area (Å²) in [5.41, 5.74) is 5.05. The molecule has 4 rings (SSSR count). The van der Waals surface area contributed by atoms with Gasteiger partial charge in [0.25, 0.3) is 0 Å². The van der Waals surface area contributed by atoms with E-state index in [2.05, 4.69) is 58.0 Å². The van der Waals surface area contributed by atoms with Crippen LogP contribution in [0.1, 0.15) is 35.2 Å². The third-order valence-corrected chi connectivity index (χ3v) is 5.83. The van der Waals surface area contributed by atoms with E-state index in [0.717, 1.165) is 51.4 Å². The van der Waals surface area contributed by atoms with E-state index in [4.69, 9.17) is 9.47 Å². The standard InChI is InChI=1S/C25H31N3O2/c1-20-23(15-26-28(20)17-21-7-4-3-5-8-21)18-27(19-25-9-6-14-30-25)16-22-10-12-24(29-2)13-11-22/h3-5,7-8,10-13,15,25H,6,9,14,16-19H2,1-2H3. The van der Waals surface area contributed by atoms with Gasteiger partial charge in [-0.15, -0.1) is 0 Å². The Labute approximate surface area is 179 Å². The minimum atomic E-state index is 0.322. The number of aromatic nitrogens is 2. The Bertz CT molecular complexity index is 915. The maximum absolute atomic E-state index is 5.93. The average Bonchev–Trinajstić information content (AvgIpc) is 3.40. The molecule has 0 N–H and O–H groups in total. The number of rotatable bonds is 9. The molecule has 2 aromatic carbocycles. The number of hydrogen-bond acceptors (Lipinski definition) is 4. The summed E-state index contributed by atoms with van der Waals surface area (Å²) in [7, 11) is 1.70. The lowest BCUT2D eigenvalue weighted by Crippen LogP contribution is -2.31. The zero-order chi connectivity index (χ0) is 20.8. The van der Waals surface area contributed by atoms with Gasteiger partial charge in [-0.25, -0.2) is 0 Å². The van der Waals surface area contributed by atoms with Gasteiger partial charge in [-0.1, -0.05) is 42.5 Å². The highest BCUT2D eigenvalue weighted by molar-refractivity contribution is 5.27. The maximum Gasteiger partial charge on any atom is 0.118 e. The van der Waals surface area contributed by atoms with Crippen molar-refractivity contribution in [2.45, 2.75) is 45.5 Å². The van der Waals surface area contributed by atoms with E-state index < -0.39 is 0 Å². The van der Waals surface area contributed by atoms with Crippen LogP contribution in [0.4, 0.5) is 0 Å². The van der Waals surface area contributed by atoms with Gasteiger partial charge in [0.15, 0.2) is 0 Å². The summed E-state index contributed by atoms with van der Waals surface area (Å²) in [6, 6.07) is 18.8. The molecule has 1 atom stereocenters. The highest BCUT2D eigenvalue weighted by atomic mass is 16.5. The first-order valence-electron chi connectivity index (χ1n) is 10.7. The zero-order valence-electron chi connectivity index (χ0n) is 18.0. The van der Waals surface area contributed by atoms with E-state index in [1.165, 1.54) is 22.4 Å². The first-order chi connectivity index (χ1) is 14.7. The molecule has 30 heavy (non-hydrogen) atoms. The van der Waals surface area contributed by atoms with Crippen LogP contribution >= 0.6 is 0 Å². The second kappa shape index (κ2) is 9.92. The summed E-state index contributed by atoms with van der Waals surface area (Å²) in [6.07, 6.45) is 4.65. The van der Waals surface area contributed by atoms with Gasteiger partial charge in [-0.2, -0.15) is 5.10 Å². The zero-order valence-corrected chi connectivity index (χ0v) is 18.0. The molecule has 1 aliphatic heterocycles. The SMILES string of the molecule is COc1ccc(CN(Cc2cnn(Cc3ccccc3)c2C)CC2CCCO2)cc1. The average molecular weight is 406 g/mol. The van der Waals surface area contributed by atoms with Gasteiger partial charge >= 0.3 is 0 Å². The van der Waals surface area contributed by atoms with Crippen LogP contribution in [0.5, 0.6) is 5.75 Å². The van der Waals surface area contributed by atoms with E-state index in [1.54, 1.807) is 7.11 Å². The Morgan fingerprint density at radius 2 is 1.87 bits per heavy atom. The molecule has 0 saturated carbocycles. The molecule has 1 fully saturated rings. The minimum Gasteiger partial charge on any atom is -0.497 e. The summed E-state index contributed by atoms with van der Waals surface area (Å²) < 4.78 is 13.3. The lowest BCUT2D eigenvalue weighted by molar-refractivity contribution is 0.0678. The van der Waals surface area contributed by atoms with Crippen LogP contribution in [0.2, 0.25) is 0 Å². The molecule has 5 nitrogen and oxygen atoms in total. The fourth-order valence-electron chi connectivity index (χ4n) is 4.05. The van der Waals surface area contributed by atoms with E-state index in [9.17, 15) is 0 Å². The van der Waals surface area contributed by atoms with Crippen LogP contribution < -0.4 is 4.74 Å². The quantitative estimate of drug-likeness (QED) is 0.528. The number of hydrogen-bond donors (Lipinski definition) is 0. The van der Waals surface area contributed by atoms with E-state index in [-0.39, 0.29) is 0 Å². The summed E-state index contributed by atoms with van der Waals surface area (Å²) >= 11 is 0. The first kappa shape index (κ1) is 20.6. The number of nitrogens with zero attached hydrogens (tertiary/aromatic N) is 3. The van der Waals surface area contributed by atoms with Crippen molar-refractivity contribution in [2.75, 3.05) is 20.3 Å². The molecule has 0 amide bonds. The smallest absolute Gasteiger partial charge is 0.118 e. The van der Waals surface area contributed by atoms with Gasteiger partial charge in [0.1, 0.15) is 5.75 Å². The predicted molar refractivity (Wildman–Crippen MR) is 119 cm³/mol. The predicted octanol–water partition coefficient (Wildman–Crippen LogP) is 4.43. The lowest BCUT2D eigenvalue weighted by atomic mass is 10.1. The van der Waals surface area contributed by atoms with Crippen molar-refractivity contribution in [2.24, 2.45) is 0 Å². The van der Waals surface area contributed by atoms with Crippen molar-refractivity contribution < 1.29 is 9.47 Å². The Hall–Kier alpha value is -2.63. The van der Waals surface area contributed by atoms with Crippen LogP contribution in [-0.2, 0) is 24.4 Å². The Balaban J connectivity index is 1.47. The number of methoxy groups -OCH3 is 1. The molecule has 1 aliphatic rings. The van der Waals surface area contributed by atoms with Crippen molar-refractivity contribution >= 4 is 0 Å². The Morgan fingerprint density at radius 3 is 2.57 bits per heavy atom. The topological polar surface area (TPSA) is 39.5 Å². The Morgan fingerprint density at radius 1 is 1.07 bits per heavy atom. The third-order valence-electron chi connectivity index (χ3n) is 5.83. The fourth-order valence-corrected chi connectivity index (χ4v) is 4.05. The molecule has 5 heteroatoms. The normalized spacial score (nSPS) is 16.3. The molecule has 1 unspecified atom stereocenters. The van der Waals surface area contributed by atoms with E-state index in [0.29, 0.717) is 6.10 Å². The molecule has 0 aliphatic carbocycles. The molecule has 3 aromatic rings. The molecule has 0 bridgehead atoms. The summed E-state index contributed by atoms with van der Waals surface area (Å²) in [5, 5.41) is 4.67. The van der Waals surface area contributed by atoms with Gasteiger partial charge in [0.2, 0.25) is 0 Å². The monoisotopic (exact) mass is 405 g/mol. The number of ether oxygens (including phenoxy) is 2. The van der Waals surface area contributed by atoms with Crippen LogP contribution in [0.3, 0.4) is 0 Å². The van der Waals surface area contributed by atoms with Crippen molar-refractivity contribution in [3.05, 3.63) is 83.2 Å². The summed E-state index contributed by atoms with van der Waals surface area (Å²) in [5.74, 6) is 0.891. The second-order valence-electron chi connectivity index (χ2n) is 8.05. The molecule has 1 aromatic heterocycles. The van der Waals surface area contributed by atoms with Crippen molar-refractivity contribution in [1.82, 2.24) is 14.7 Å². The van der Waals surface area contributed by atoms with Crippen LogP contribution in [-0.4, -0.2) is 41.0 Å². The van der Waals surface area contributed by atoms with Gasteiger partial charge in [-0.3, -0.25) is 9.58 Å². The fraction of sp³-hybridized carbons (Fsp3) is 0.400. The Kier molecular flexibility index (Phi) is 6.82. The minimum absolute atomic E-state index is 0.322. The van der Waals surface area contributed by atoms with Crippen molar-refractivity contribution in [3.63, 3.8) is 0 Å². The van der Waals surface area contributed by atoms with Crippen molar-refractivity contribution in [3.8, 4) is 5.75 Å². The third kappa shape index (κ3) is 5.29. The molecule has 2 heterocycles. The van der Waals surface area contributed by atoms with E-state index in [1.807, 2.05) is 24.4 Å². The molecule has 158 valence electrons. The molecule has 0 radical (unpaired) electrons. The van der Waals surface area contributed by atoms with Crippen LogP contribution in [0.15, 0.2) is 60.8 Å². The lowest BCUT2D eigenvalue weighted by Gasteiger charge is -2.25.